The number of amidine groups is 1. The molecule has 162 valence electrons. The van der Waals surface area contributed by atoms with E-state index in [2.05, 4.69) is 32.2 Å². The first kappa shape index (κ1) is 21.9. The molecule has 0 fully saturated rings. The number of dihydropyridines is 1. The van der Waals surface area contributed by atoms with Crippen LogP contribution in [0.25, 0.3) is 5.57 Å². The summed E-state index contributed by atoms with van der Waals surface area (Å²) in [5.41, 5.74) is 9.55. The van der Waals surface area contributed by atoms with E-state index in [4.69, 9.17) is 5.73 Å². The molecule has 1 atom stereocenters. The highest BCUT2D eigenvalue weighted by molar-refractivity contribution is 6.24. The second-order valence-electron chi connectivity index (χ2n) is 7.26. The number of hydrogen-bond donors (Lipinski definition) is 4. The molecule has 0 saturated heterocycles. The average Bonchev–Trinajstić information content (AvgIpc) is 2.72. The van der Waals surface area contributed by atoms with Gasteiger partial charge < -0.3 is 21.4 Å². The summed E-state index contributed by atoms with van der Waals surface area (Å²) >= 11 is 0. The third-order valence-corrected chi connectivity index (χ3v) is 5.07. The van der Waals surface area contributed by atoms with Gasteiger partial charge in [-0.05, 0) is 49.1 Å². The SMILES string of the molecule is C=C1C(CNC=O)=C(c2nc(NCCc3cccc(F)c3)c(=O)[nH]c2C)C(N)=NC1C. The maximum atomic E-state index is 13.4. The Balaban J connectivity index is 1.94. The number of hydrogen-bond acceptors (Lipinski definition) is 6. The molecule has 2 heterocycles. The molecule has 0 radical (unpaired) electrons. The van der Waals surface area contributed by atoms with Crippen LogP contribution in [0.15, 0.2) is 51.8 Å². The Morgan fingerprint density at radius 2 is 2.16 bits per heavy atom. The standard InChI is InChI=1S/C22H25FN6O2/c1-12-13(2)27-20(24)18(17(12)10-25-11-30)19-14(3)28-22(31)21(29-19)26-8-7-15-5-4-6-16(23)9-15/h4-6,9,11,13H,1,7-8,10H2,2-3H3,(H2,24,27)(H,25,30)(H,26,29)(H,28,31). The zero-order valence-electron chi connectivity index (χ0n) is 17.5. The second-order valence-corrected chi connectivity index (χ2v) is 7.26. The molecule has 9 heteroatoms. The molecule has 1 aliphatic heterocycles. The summed E-state index contributed by atoms with van der Waals surface area (Å²) in [4.78, 5) is 35.0. The number of carbonyl (C=O) groups is 1. The van der Waals surface area contributed by atoms with E-state index in [1.165, 1.54) is 12.1 Å². The number of nitrogens with one attached hydrogen (secondary N) is 3. The van der Waals surface area contributed by atoms with Crippen LogP contribution < -0.4 is 21.9 Å². The smallest absolute Gasteiger partial charge is 0.290 e. The van der Waals surface area contributed by atoms with Gasteiger partial charge in [-0.3, -0.25) is 14.6 Å². The predicted octanol–water partition coefficient (Wildman–Crippen LogP) is 1.69. The summed E-state index contributed by atoms with van der Waals surface area (Å²) < 4.78 is 13.4. The number of nitrogens with two attached hydrogens (primary N) is 1. The van der Waals surface area contributed by atoms with Crippen LogP contribution in [0.2, 0.25) is 0 Å². The van der Waals surface area contributed by atoms with E-state index in [0.717, 1.165) is 5.56 Å². The number of halogens is 1. The zero-order valence-corrected chi connectivity index (χ0v) is 17.5. The molecule has 1 amide bonds. The number of anilines is 1. The van der Waals surface area contributed by atoms with Crippen molar-refractivity contribution < 1.29 is 9.18 Å². The molecule has 0 bridgehead atoms. The largest absolute Gasteiger partial charge is 0.383 e. The molecular formula is C22H25FN6O2. The molecule has 0 spiro atoms. The minimum Gasteiger partial charge on any atom is -0.383 e. The van der Waals surface area contributed by atoms with E-state index in [0.29, 0.717) is 47.5 Å². The van der Waals surface area contributed by atoms with E-state index in [1.54, 1.807) is 13.0 Å². The number of carbonyl (C=O) groups excluding carboxylic acids is 1. The summed E-state index contributed by atoms with van der Waals surface area (Å²) in [6, 6.07) is 6.04. The Hall–Kier alpha value is -3.75. The van der Waals surface area contributed by atoms with Gasteiger partial charge in [-0.1, -0.05) is 18.7 Å². The Labute approximate surface area is 179 Å². The van der Waals surface area contributed by atoms with Crippen LogP contribution in [0.4, 0.5) is 10.2 Å². The van der Waals surface area contributed by atoms with Gasteiger partial charge >= 0.3 is 0 Å². The first-order valence-electron chi connectivity index (χ1n) is 9.84. The number of amides is 1. The van der Waals surface area contributed by atoms with Gasteiger partial charge in [0.2, 0.25) is 6.41 Å². The number of H-pyrrole nitrogens is 1. The van der Waals surface area contributed by atoms with E-state index in [-0.39, 0.29) is 35.6 Å². The molecule has 31 heavy (non-hydrogen) atoms. The molecule has 0 saturated carbocycles. The second kappa shape index (κ2) is 9.38. The van der Waals surface area contributed by atoms with Gasteiger partial charge in [-0.2, -0.15) is 0 Å². The van der Waals surface area contributed by atoms with Crippen molar-refractivity contribution in [3.8, 4) is 0 Å². The van der Waals surface area contributed by atoms with Gasteiger partial charge in [0.05, 0.1) is 11.7 Å². The predicted molar refractivity (Wildman–Crippen MR) is 119 cm³/mol. The molecule has 1 aromatic carbocycles. The maximum absolute atomic E-state index is 13.4. The fraction of sp³-hybridized carbons (Fsp3) is 0.273. The van der Waals surface area contributed by atoms with Gasteiger partial charge in [-0.25, -0.2) is 9.37 Å². The minimum absolute atomic E-state index is 0.115. The monoisotopic (exact) mass is 424 g/mol. The van der Waals surface area contributed by atoms with Gasteiger partial charge in [0.25, 0.3) is 5.56 Å². The van der Waals surface area contributed by atoms with Crippen molar-refractivity contribution in [2.24, 2.45) is 10.7 Å². The molecule has 2 aromatic rings. The lowest BCUT2D eigenvalue weighted by molar-refractivity contribution is -0.109. The number of aliphatic imine (C=N–C) groups is 1. The number of rotatable bonds is 8. The van der Waals surface area contributed by atoms with Crippen LogP contribution in [0.5, 0.6) is 0 Å². The van der Waals surface area contributed by atoms with E-state index < -0.39 is 0 Å². The van der Waals surface area contributed by atoms with Crippen LogP contribution in [-0.4, -0.2) is 41.3 Å². The lowest BCUT2D eigenvalue weighted by Crippen LogP contribution is -2.31. The van der Waals surface area contributed by atoms with E-state index >= 15 is 0 Å². The number of aromatic amines is 1. The fourth-order valence-corrected chi connectivity index (χ4v) is 3.44. The molecule has 3 rings (SSSR count). The maximum Gasteiger partial charge on any atom is 0.290 e. The van der Waals surface area contributed by atoms with Crippen LogP contribution >= 0.6 is 0 Å². The third kappa shape index (κ3) is 4.88. The molecular weight excluding hydrogens is 399 g/mol. The number of benzene rings is 1. The van der Waals surface area contributed by atoms with Crippen molar-refractivity contribution in [2.45, 2.75) is 26.3 Å². The fourth-order valence-electron chi connectivity index (χ4n) is 3.44. The lowest BCUT2D eigenvalue weighted by atomic mass is 9.90. The van der Waals surface area contributed by atoms with Gasteiger partial charge in [0.1, 0.15) is 11.7 Å². The summed E-state index contributed by atoms with van der Waals surface area (Å²) in [6.45, 7) is 8.24. The zero-order chi connectivity index (χ0) is 22.5. The minimum atomic E-state index is -0.382. The highest BCUT2D eigenvalue weighted by atomic mass is 19.1. The summed E-state index contributed by atoms with van der Waals surface area (Å²) in [5.74, 6) is 0.0659. The van der Waals surface area contributed by atoms with Crippen molar-refractivity contribution in [1.82, 2.24) is 15.3 Å². The van der Waals surface area contributed by atoms with E-state index in [9.17, 15) is 14.0 Å². The Kier molecular flexibility index (Phi) is 6.64. The Morgan fingerprint density at radius 1 is 1.39 bits per heavy atom. The van der Waals surface area contributed by atoms with Crippen molar-refractivity contribution in [3.05, 3.63) is 75.1 Å². The van der Waals surface area contributed by atoms with Gasteiger partial charge in [0, 0.05) is 24.4 Å². The quantitative estimate of drug-likeness (QED) is 0.480. The van der Waals surface area contributed by atoms with Crippen LogP contribution in [0.3, 0.4) is 0 Å². The van der Waals surface area contributed by atoms with Crippen LogP contribution in [0, 0.1) is 12.7 Å². The van der Waals surface area contributed by atoms with Crippen molar-refractivity contribution in [3.63, 3.8) is 0 Å². The molecule has 0 aliphatic carbocycles. The van der Waals surface area contributed by atoms with Crippen LogP contribution in [-0.2, 0) is 11.2 Å². The van der Waals surface area contributed by atoms with Crippen molar-refractivity contribution in [2.75, 3.05) is 18.4 Å². The molecule has 5 N–H and O–H groups in total. The lowest BCUT2D eigenvalue weighted by Gasteiger charge is -2.25. The number of aryl methyl sites for hydroxylation is 1. The summed E-state index contributed by atoms with van der Waals surface area (Å²) in [7, 11) is 0. The van der Waals surface area contributed by atoms with Gasteiger partial charge in [0.15, 0.2) is 5.82 Å². The molecule has 1 aromatic heterocycles. The first-order valence-corrected chi connectivity index (χ1v) is 9.84. The highest BCUT2D eigenvalue weighted by Crippen LogP contribution is 2.30. The van der Waals surface area contributed by atoms with Crippen molar-refractivity contribution >= 4 is 23.6 Å². The average molecular weight is 424 g/mol. The molecule has 1 aliphatic rings. The normalized spacial score (nSPS) is 16.2. The van der Waals surface area contributed by atoms with Gasteiger partial charge in [-0.15, -0.1) is 0 Å². The third-order valence-electron chi connectivity index (χ3n) is 5.07. The Morgan fingerprint density at radius 3 is 2.87 bits per heavy atom. The highest BCUT2D eigenvalue weighted by Gasteiger charge is 2.26. The number of aromatic nitrogens is 2. The molecule has 1 unspecified atom stereocenters. The summed E-state index contributed by atoms with van der Waals surface area (Å²) in [6.07, 6.45) is 1.11. The van der Waals surface area contributed by atoms with E-state index in [1.807, 2.05) is 13.0 Å². The Bertz CT molecular complexity index is 1140. The molecule has 8 nitrogen and oxygen atoms in total. The summed E-state index contributed by atoms with van der Waals surface area (Å²) in [5, 5.41) is 5.64. The topological polar surface area (TPSA) is 125 Å². The van der Waals surface area contributed by atoms with Crippen LogP contribution in [0.1, 0.15) is 23.9 Å². The van der Waals surface area contributed by atoms with Crippen molar-refractivity contribution in [1.29, 1.82) is 0 Å². The number of nitrogens with zero attached hydrogens (tertiary/aromatic N) is 2. The first-order chi connectivity index (χ1) is 14.8.